The number of benzene rings is 1. The second kappa shape index (κ2) is 4.84. The molecule has 0 atom stereocenters. The average molecular weight is 302 g/mol. The van der Waals surface area contributed by atoms with Crippen molar-refractivity contribution in [1.29, 1.82) is 0 Å². The minimum Gasteiger partial charge on any atom is -0.378 e. The van der Waals surface area contributed by atoms with E-state index in [9.17, 15) is 0 Å². The minimum absolute atomic E-state index is 0.618. The highest BCUT2D eigenvalue weighted by Gasteiger charge is 2.02. The Morgan fingerprint density at radius 1 is 1.50 bits per heavy atom. The van der Waals surface area contributed by atoms with Crippen molar-refractivity contribution in [3.05, 3.63) is 39.6 Å². The van der Waals surface area contributed by atoms with E-state index in [-0.39, 0.29) is 0 Å². The van der Waals surface area contributed by atoms with E-state index >= 15 is 0 Å². The van der Waals surface area contributed by atoms with Crippen LogP contribution < -0.4 is 5.32 Å². The Hall–Kier alpha value is -1.07. The molecule has 1 heterocycles. The first-order valence-corrected chi connectivity index (χ1v) is 5.86. The summed E-state index contributed by atoms with van der Waals surface area (Å²) in [7, 11) is 1.84. The van der Waals surface area contributed by atoms with Gasteiger partial charge in [-0.1, -0.05) is 16.8 Å². The molecule has 84 valence electrons. The highest BCUT2D eigenvalue weighted by Crippen LogP contribution is 2.26. The Kier molecular flexibility index (Phi) is 3.46. The summed E-state index contributed by atoms with van der Waals surface area (Å²) in [5.41, 5.74) is 1.83. The fourth-order valence-corrected chi connectivity index (χ4v) is 1.85. The molecular weight excluding hydrogens is 291 g/mol. The monoisotopic (exact) mass is 300 g/mol. The Balaban J connectivity index is 2.07. The quantitative estimate of drug-likeness (QED) is 0.948. The van der Waals surface area contributed by atoms with Crippen LogP contribution in [0.3, 0.4) is 0 Å². The molecule has 0 fully saturated rings. The largest absolute Gasteiger partial charge is 0.378 e. The van der Waals surface area contributed by atoms with Crippen molar-refractivity contribution in [2.75, 3.05) is 5.32 Å². The van der Waals surface area contributed by atoms with Gasteiger partial charge in [0.1, 0.15) is 5.69 Å². The normalized spacial score (nSPS) is 10.4. The van der Waals surface area contributed by atoms with E-state index in [1.54, 1.807) is 4.68 Å². The molecule has 0 bridgehead atoms. The molecule has 1 aromatic heterocycles. The van der Waals surface area contributed by atoms with Gasteiger partial charge in [0, 0.05) is 22.7 Å². The molecule has 0 saturated carbocycles. The van der Waals surface area contributed by atoms with E-state index in [0.29, 0.717) is 11.6 Å². The minimum atomic E-state index is 0.618. The van der Waals surface area contributed by atoms with Gasteiger partial charge in [-0.25, -0.2) is 0 Å². The van der Waals surface area contributed by atoms with Gasteiger partial charge in [-0.3, -0.25) is 4.68 Å². The molecule has 0 aliphatic carbocycles. The molecule has 0 amide bonds. The molecule has 2 rings (SSSR count). The van der Waals surface area contributed by atoms with Crippen molar-refractivity contribution in [1.82, 2.24) is 15.0 Å². The van der Waals surface area contributed by atoms with Crippen molar-refractivity contribution >= 4 is 33.2 Å². The van der Waals surface area contributed by atoms with Gasteiger partial charge in [0.25, 0.3) is 0 Å². The van der Waals surface area contributed by atoms with E-state index in [4.69, 9.17) is 11.6 Å². The molecule has 6 heteroatoms. The Morgan fingerprint density at radius 2 is 2.31 bits per heavy atom. The van der Waals surface area contributed by atoms with Crippen molar-refractivity contribution in [2.45, 2.75) is 6.54 Å². The summed E-state index contributed by atoms with van der Waals surface area (Å²) in [5, 5.41) is 11.8. The lowest BCUT2D eigenvalue weighted by atomic mass is 10.3. The molecule has 0 spiro atoms. The van der Waals surface area contributed by atoms with Crippen molar-refractivity contribution in [2.24, 2.45) is 7.05 Å². The van der Waals surface area contributed by atoms with Crippen LogP contribution in [0.1, 0.15) is 5.69 Å². The number of aryl methyl sites for hydroxylation is 1. The van der Waals surface area contributed by atoms with Crippen LogP contribution in [-0.4, -0.2) is 15.0 Å². The lowest BCUT2D eigenvalue weighted by molar-refractivity contribution is 0.713. The number of hydrogen-bond donors (Lipinski definition) is 1. The predicted molar refractivity (Wildman–Crippen MR) is 67.5 cm³/mol. The van der Waals surface area contributed by atoms with Gasteiger partial charge >= 0.3 is 0 Å². The van der Waals surface area contributed by atoms with Gasteiger partial charge in [-0.15, -0.1) is 5.10 Å². The number of rotatable bonds is 3. The molecule has 0 unspecified atom stereocenters. The zero-order valence-electron chi connectivity index (χ0n) is 8.61. The fraction of sp³-hybridized carbons (Fsp3) is 0.200. The molecule has 1 N–H and O–H groups in total. The number of anilines is 1. The van der Waals surface area contributed by atoms with E-state index < -0.39 is 0 Å². The van der Waals surface area contributed by atoms with Gasteiger partial charge in [0.2, 0.25) is 0 Å². The molecule has 0 aliphatic rings. The first-order chi connectivity index (χ1) is 7.65. The lowest BCUT2D eigenvalue weighted by Crippen LogP contribution is -2.00. The van der Waals surface area contributed by atoms with Gasteiger partial charge in [-0.2, -0.15) is 0 Å². The van der Waals surface area contributed by atoms with Crippen LogP contribution >= 0.6 is 27.5 Å². The average Bonchev–Trinajstić information content (AvgIpc) is 2.66. The van der Waals surface area contributed by atoms with E-state index in [1.807, 2.05) is 31.4 Å². The van der Waals surface area contributed by atoms with Crippen molar-refractivity contribution in [3.63, 3.8) is 0 Å². The summed E-state index contributed by atoms with van der Waals surface area (Å²) in [6, 6.07) is 5.60. The Bertz CT molecular complexity index is 497. The summed E-state index contributed by atoms with van der Waals surface area (Å²) < 4.78 is 2.64. The van der Waals surface area contributed by atoms with Gasteiger partial charge < -0.3 is 5.32 Å². The lowest BCUT2D eigenvalue weighted by Gasteiger charge is -2.06. The number of aromatic nitrogens is 3. The van der Waals surface area contributed by atoms with E-state index in [0.717, 1.165) is 15.9 Å². The zero-order chi connectivity index (χ0) is 11.5. The van der Waals surface area contributed by atoms with Crippen LogP contribution in [0.15, 0.2) is 28.9 Å². The van der Waals surface area contributed by atoms with Crippen LogP contribution in [0.2, 0.25) is 5.02 Å². The second-order valence-electron chi connectivity index (χ2n) is 3.36. The third-order valence-corrected chi connectivity index (χ3v) is 2.97. The smallest absolute Gasteiger partial charge is 0.102 e. The summed E-state index contributed by atoms with van der Waals surface area (Å²) in [5.74, 6) is 0. The highest BCUT2D eigenvalue weighted by molar-refractivity contribution is 9.10. The Morgan fingerprint density at radius 3 is 3.00 bits per heavy atom. The van der Waals surface area contributed by atoms with E-state index in [2.05, 4.69) is 31.6 Å². The fourth-order valence-electron chi connectivity index (χ4n) is 1.30. The molecule has 1 aromatic carbocycles. The van der Waals surface area contributed by atoms with Crippen LogP contribution in [0, 0.1) is 0 Å². The second-order valence-corrected chi connectivity index (χ2v) is 4.65. The van der Waals surface area contributed by atoms with Gasteiger partial charge in [-0.05, 0) is 34.1 Å². The summed E-state index contributed by atoms with van der Waals surface area (Å²) >= 11 is 9.36. The molecule has 0 aliphatic heterocycles. The molecule has 16 heavy (non-hydrogen) atoms. The van der Waals surface area contributed by atoms with E-state index in [1.165, 1.54) is 0 Å². The SMILES string of the molecule is Cn1cc(CNc2cc(Cl)ccc2Br)nn1. The highest BCUT2D eigenvalue weighted by atomic mass is 79.9. The first-order valence-electron chi connectivity index (χ1n) is 4.69. The van der Waals surface area contributed by atoms with Crippen molar-refractivity contribution < 1.29 is 0 Å². The molecule has 4 nitrogen and oxygen atoms in total. The van der Waals surface area contributed by atoms with Crippen LogP contribution in [0.25, 0.3) is 0 Å². The number of hydrogen-bond acceptors (Lipinski definition) is 3. The number of nitrogens with one attached hydrogen (secondary N) is 1. The first kappa shape index (κ1) is 11.4. The molecule has 0 saturated heterocycles. The third-order valence-electron chi connectivity index (χ3n) is 2.04. The third kappa shape index (κ3) is 2.74. The Labute approximate surface area is 107 Å². The summed E-state index contributed by atoms with van der Waals surface area (Å²) in [6.45, 7) is 0.618. The zero-order valence-corrected chi connectivity index (χ0v) is 11.0. The molecular formula is C10H10BrClN4. The van der Waals surface area contributed by atoms with Crippen LogP contribution in [0.5, 0.6) is 0 Å². The summed E-state index contributed by atoms with van der Waals surface area (Å²) in [4.78, 5) is 0. The molecule has 0 radical (unpaired) electrons. The maximum absolute atomic E-state index is 5.91. The van der Waals surface area contributed by atoms with Gasteiger partial charge in [0.15, 0.2) is 0 Å². The predicted octanol–water partition coefficient (Wildman–Crippen LogP) is 2.84. The van der Waals surface area contributed by atoms with Crippen molar-refractivity contribution in [3.8, 4) is 0 Å². The van der Waals surface area contributed by atoms with Crippen LogP contribution in [0.4, 0.5) is 5.69 Å². The van der Waals surface area contributed by atoms with Gasteiger partial charge in [0.05, 0.1) is 12.2 Å². The summed E-state index contributed by atoms with van der Waals surface area (Å²) in [6.07, 6.45) is 1.87. The maximum Gasteiger partial charge on any atom is 0.102 e. The maximum atomic E-state index is 5.91. The standard InChI is InChI=1S/C10H10BrClN4/c1-16-6-8(14-15-16)5-13-10-4-7(12)2-3-9(10)11/h2-4,6,13H,5H2,1H3. The van der Waals surface area contributed by atoms with Crippen LogP contribution in [-0.2, 0) is 13.6 Å². The molecule has 2 aromatic rings. The number of halogens is 2. The topological polar surface area (TPSA) is 42.7 Å². The number of nitrogens with zero attached hydrogens (tertiary/aromatic N) is 3.